The van der Waals surface area contributed by atoms with Gasteiger partial charge in [0.15, 0.2) is 11.6 Å². The Morgan fingerprint density at radius 2 is 1.92 bits per heavy atom. The molecule has 2 N–H and O–H groups in total. The number of benzene rings is 1. The van der Waals surface area contributed by atoms with Crippen LogP contribution in [0, 0.1) is 0 Å². The van der Waals surface area contributed by atoms with Crippen molar-refractivity contribution >= 4 is 23.2 Å². The molecule has 0 aromatic heterocycles. The minimum atomic E-state index is -0.330. The Morgan fingerprint density at radius 1 is 1.28 bits per heavy atom. The number of rotatable bonds is 5. The molecule has 0 atom stereocenters. The van der Waals surface area contributed by atoms with Crippen molar-refractivity contribution in [2.75, 3.05) is 12.4 Å². The average Bonchev–Trinajstić information content (AvgIpc) is 2.53. The van der Waals surface area contributed by atoms with E-state index in [0.29, 0.717) is 24.3 Å². The lowest BCUT2D eigenvalue weighted by atomic mass is 9.79. The summed E-state index contributed by atoms with van der Waals surface area (Å²) in [4.78, 5) is 36.1. The lowest BCUT2D eigenvalue weighted by Gasteiger charge is -2.24. The summed E-state index contributed by atoms with van der Waals surface area (Å²) in [6.45, 7) is 3.27. The highest BCUT2D eigenvalue weighted by Gasteiger charge is 2.33. The minimum Gasteiger partial charge on any atom is -0.511 e. The molecule has 2 rings (SSSR count). The van der Waals surface area contributed by atoms with Crippen molar-refractivity contribution in [3.8, 4) is 5.75 Å². The lowest BCUT2D eigenvalue weighted by molar-refractivity contribution is -0.124. The highest BCUT2D eigenvalue weighted by Crippen LogP contribution is 2.36. The Kier molecular flexibility index (Phi) is 5.96. The van der Waals surface area contributed by atoms with Gasteiger partial charge >= 0.3 is 0 Å². The van der Waals surface area contributed by atoms with Crippen molar-refractivity contribution in [1.29, 1.82) is 0 Å². The third-order valence-electron chi connectivity index (χ3n) is 4.20. The summed E-state index contributed by atoms with van der Waals surface area (Å²) >= 11 is 0. The molecular formula is C19H23NO5. The van der Waals surface area contributed by atoms with Crippen LogP contribution in [0.2, 0.25) is 0 Å². The number of aliphatic hydroxyl groups is 1. The number of aliphatic hydroxyl groups excluding tert-OH is 1. The first-order valence-electron chi connectivity index (χ1n) is 8.31. The summed E-state index contributed by atoms with van der Waals surface area (Å²) in [5.41, 5.74) is 1.23. The van der Waals surface area contributed by atoms with Crippen LogP contribution in [0.25, 0.3) is 0 Å². The zero-order chi connectivity index (χ0) is 18.6. The van der Waals surface area contributed by atoms with E-state index in [4.69, 9.17) is 4.74 Å². The molecule has 0 bridgehead atoms. The monoisotopic (exact) mass is 345 g/mol. The zero-order valence-corrected chi connectivity index (χ0v) is 14.7. The highest BCUT2D eigenvalue weighted by atomic mass is 16.5. The second-order valence-corrected chi connectivity index (χ2v) is 6.16. The molecule has 134 valence electrons. The summed E-state index contributed by atoms with van der Waals surface area (Å²) in [6.07, 6.45) is 1.30. The topological polar surface area (TPSA) is 92.7 Å². The lowest BCUT2D eigenvalue weighted by Crippen LogP contribution is -2.26. The van der Waals surface area contributed by atoms with Crippen LogP contribution in [0.5, 0.6) is 5.75 Å². The number of carbonyl (C=O) groups is 3. The van der Waals surface area contributed by atoms with E-state index in [9.17, 15) is 19.5 Å². The van der Waals surface area contributed by atoms with Crippen molar-refractivity contribution in [3.05, 3.63) is 35.1 Å². The third-order valence-corrected chi connectivity index (χ3v) is 4.20. The number of amides is 1. The number of ketones is 2. The molecule has 1 aliphatic rings. The molecule has 0 saturated heterocycles. The van der Waals surface area contributed by atoms with Crippen molar-refractivity contribution in [2.24, 2.45) is 0 Å². The summed E-state index contributed by atoms with van der Waals surface area (Å²) in [6, 6.07) is 5.22. The van der Waals surface area contributed by atoms with E-state index in [0.717, 1.165) is 5.56 Å². The third kappa shape index (κ3) is 4.26. The fourth-order valence-corrected chi connectivity index (χ4v) is 3.07. The first kappa shape index (κ1) is 18.7. The molecule has 6 nitrogen and oxygen atoms in total. The summed E-state index contributed by atoms with van der Waals surface area (Å²) in [7, 11) is 1.50. The molecule has 1 amide bonds. The van der Waals surface area contributed by atoms with Crippen LogP contribution in [0.4, 0.5) is 5.69 Å². The van der Waals surface area contributed by atoms with E-state index in [1.807, 2.05) is 6.92 Å². The van der Waals surface area contributed by atoms with Crippen molar-refractivity contribution in [3.63, 3.8) is 0 Å². The Balaban J connectivity index is 2.29. The van der Waals surface area contributed by atoms with Crippen LogP contribution in [0.1, 0.15) is 51.0 Å². The van der Waals surface area contributed by atoms with Gasteiger partial charge in [-0.2, -0.15) is 0 Å². The molecule has 0 heterocycles. The number of methoxy groups -OCH3 is 1. The van der Waals surface area contributed by atoms with Crippen LogP contribution in [0.3, 0.4) is 0 Å². The van der Waals surface area contributed by atoms with Crippen LogP contribution in [-0.2, 0) is 14.4 Å². The summed E-state index contributed by atoms with van der Waals surface area (Å²) in [5.74, 6) is -0.774. The summed E-state index contributed by atoms with van der Waals surface area (Å²) < 4.78 is 5.22. The minimum absolute atomic E-state index is 0.0475. The van der Waals surface area contributed by atoms with Crippen LogP contribution >= 0.6 is 0 Å². The fourth-order valence-electron chi connectivity index (χ4n) is 3.07. The van der Waals surface area contributed by atoms with Crippen molar-refractivity contribution < 1.29 is 24.2 Å². The molecule has 25 heavy (non-hydrogen) atoms. The molecule has 0 spiro atoms. The number of anilines is 1. The van der Waals surface area contributed by atoms with E-state index in [1.165, 1.54) is 14.0 Å². The largest absolute Gasteiger partial charge is 0.511 e. The normalized spacial score (nSPS) is 17.4. The zero-order valence-electron chi connectivity index (χ0n) is 14.7. The van der Waals surface area contributed by atoms with Gasteiger partial charge in [0.1, 0.15) is 11.5 Å². The molecule has 1 fully saturated rings. The fraction of sp³-hybridized carbons (Fsp3) is 0.421. The molecule has 0 radical (unpaired) electrons. The van der Waals surface area contributed by atoms with Gasteiger partial charge in [-0.3, -0.25) is 14.4 Å². The van der Waals surface area contributed by atoms with Gasteiger partial charge in [-0.25, -0.2) is 0 Å². The van der Waals surface area contributed by atoms with Gasteiger partial charge in [0.05, 0.1) is 18.4 Å². The van der Waals surface area contributed by atoms with Crippen LogP contribution < -0.4 is 10.1 Å². The van der Waals surface area contributed by atoms with Crippen LogP contribution in [-0.4, -0.2) is 29.7 Å². The van der Waals surface area contributed by atoms with E-state index in [-0.39, 0.29) is 47.6 Å². The number of nitrogens with one attached hydrogen (secondary N) is 1. The van der Waals surface area contributed by atoms with E-state index >= 15 is 0 Å². The van der Waals surface area contributed by atoms with E-state index < -0.39 is 0 Å². The number of hydrogen-bond acceptors (Lipinski definition) is 5. The highest BCUT2D eigenvalue weighted by molar-refractivity contribution is 6.22. The molecule has 6 heteroatoms. The van der Waals surface area contributed by atoms with E-state index in [1.54, 1.807) is 18.2 Å². The number of allylic oxidation sites excluding steroid dienone is 2. The predicted octanol–water partition coefficient (Wildman–Crippen LogP) is 3.28. The number of Topliss-reactive ketones (excluding diaryl/α,β-unsaturated/α-hetero) is 2. The standard InChI is InChI=1S/C19H23NO5/c1-4-5-15(22)19-16(23)9-13(10-17(19)24)12-6-7-18(25-3)14(8-12)20-11(2)21/h6-8,13,22H,4-5,9-10H2,1-3H3,(H,20,21). The molecule has 1 aromatic rings. The Bertz CT molecular complexity index is 715. The van der Waals surface area contributed by atoms with Gasteiger partial charge in [0, 0.05) is 26.2 Å². The van der Waals surface area contributed by atoms with Gasteiger partial charge in [-0.1, -0.05) is 13.0 Å². The number of hydrogen-bond donors (Lipinski definition) is 2. The van der Waals surface area contributed by atoms with Gasteiger partial charge < -0.3 is 15.2 Å². The average molecular weight is 345 g/mol. The summed E-state index contributed by atoms with van der Waals surface area (Å²) in [5, 5.41) is 12.6. The SMILES string of the molecule is CCCC(O)=C1C(=O)CC(c2ccc(OC)c(NC(C)=O)c2)CC1=O. The molecule has 0 unspecified atom stereocenters. The molecular weight excluding hydrogens is 322 g/mol. The predicted molar refractivity (Wildman–Crippen MR) is 93.8 cm³/mol. The maximum atomic E-state index is 12.4. The smallest absolute Gasteiger partial charge is 0.221 e. The van der Waals surface area contributed by atoms with Gasteiger partial charge in [-0.15, -0.1) is 0 Å². The van der Waals surface area contributed by atoms with Gasteiger partial charge in [-0.05, 0) is 30.0 Å². The Hall–Kier alpha value is -2.63. The molecule has 1 saturated carbocycles. The molecule has 0 aliphatic heterocycles. The Labute approximate surface area is 146 Å². The van der Waals surface area contributed by atoms with Crippen molar-refractivity contribution in [1.82, 2.24) is 0 Å². The van der Waals surface area contributed by atoms with Crippen LogP contribution in [0.15, 0.2) is 29.5 Å². The number of carbonyl (C=O) groups excluding carboxylic acids is 3. The molecule has 1 aliphatic carbocycles. The number of ether oxygens (including phenoxy) is 1. The molecule has 1 aromatic carbocycles. The maximum absolute atomic E-state index is 12.4. The van der Waals surface area contributed by atoms with Gasteiger partial charge in [0.25, 0.3) is 0 Å². The van der Waals surface area contributed by atoms with Crippen molar-refractivity contribution in [2.45, 2.75) is 45.4 Å². The quantitative estimate of drug-likeness (QED) is 0.485. The van der Waals surface area contributed by atoms with Gasteiger partial charge in [0.2, 0.25) is 5.91 Å². The Morgan fingerprint density at radius 3 is 2.44 bits per heavy atom. The van der Waals surface area contributed by atoms with E-state index in [2.05, 4.69) is 5.32 Å². The first-order valence-corrected chi connectivity index (χ1v) is 8.31. The maximum Gasteiger partial charge on any atom is 0.221 e. The second-order valence-electron chi connectivity index (χ2n) is 6.16. The first-order chi connectivity index (χ1) is 11.9. The second kappa shape index (κ2) is 7.96.